The van der Waals surface area contributed by atoms with Gasteiger partial charge in [0.1, 0.15) is 5.82 Å². The van der Waals surface area contributed by atoms with E-state index in [1.807, 2.05) is 0 Å². The Kier molecular flexibility index (Phi) is 4.17. The minimum atomic E-state index is -0.982. The van der Waals surface area contributed by atoms with Crippen LogP contribution in [0.4, 0.5) is 4.39 Å². The zero-order chi connectivity index (χ0) is 13.1. The Morgan fingerprint density at radius 3 is 2.78 bits per heavy atom. The Morgan fingerprint density at radius 2 is 2.06 bits per heavy atom. The van der Waals surface area contributed by atoms with Crippen molar-refractivity contribution in [3.05, 3.63) is 63.6 Å². The summed E-state index contributed by atoms with van der Waals surface area (Å²) in [4.78, 5) is 3.63. The van der Waals surface area contributed by atoms with E-state index in [0.717, 1.165) is 6.20 Å². The summed E-state index contributed by atoms with van der Waals surface area (Å²) in [6.45, 7) is 0. The van der Waals surface area contributed by atoms with Crippen molar-refractivity contribution in [2.45, 2.75) is 12.5 Å². The molecule has 5 heteroatoms. The number of rotatable bonds is 3. The number of hydrogen-bond acceptors (Lipinski definition) is 2. The number of aromatic nitrogens is 1. The average molecular weight is 286 g/mol. The second kappa shape index (κ2) is 5.65. The maximum absolute atomic E-state index is 13.4. The van der Waals surface area contributed by atoms with E-state index < -0.39 is 11.9 Å². The van der Waals surface area contributed by atoms with E-state index in [0.29, 0.717) is 15.6 Å². The van der Waals surface area contributed by atoms with Gasteiger partial charge in [0.2, 0.25) is 0 Å². The normalized spacial score (nSPS) is 12.4. The lowest BCUT2D eigenvalue weighted by atomic mass is 10.0. The van der Waals surface area contributed by atoms with Crippen molar-refractivity contribution >= 4 is 23.2 Å². The average Bonchev–Trinajstić information content (AvgIpc) is 2.34. The van der Waals surface area contributed by atoms with Gasteiger partial charge in [0.15, 0.2) is 0 Å². The standard InChI is InChI=1S/C13H10Cl2FNO/c14-9-1-2-11(15)8(5-9)6-13(18)10-3-4-17-7-12(10)16/h1-5,7,13,18H,6H2. The van der Waals surface area contributed by atoms with Crippen molar-refractivity contribution in [2.75, 3.05) is 0 Å². The van der Waals surface area contributed by atoms with Crippen molar-refractivity contribution in [1.29, 1.82) is 0 Å². The van der Waals surface area contributed by atoms with E-state index in [1.54, 1.807) is 18.2 Å². The van der Waals surface area contributed by atoms with Gasteiger partial charge in [-0.1, -0.05) is 23.2 Å². The van der Waals surface area contributed by atoms with Crippen LogP contribution in [-0.4, -0.2) is 10.1 Å². The lowest BCUT2D eigenvalue weighted by Gasteiger charge is -2.13. The molecular formula is C13H10Cl2FNO. The first-order valence-electron chi connectivity index (χ1n) is 5.29. The van der Waals surface area contributed by atoms with E-state index in [-0.39, 0.29) is 12.0 Å². The molecule has 1 aromatic carbocycles. The van der Waals surface area contributed by atoms with Crippen LogP contribution in [0.15, 0.2) is 36.7 Å². The quantitative estimate of drug-likeness (QED) is 0.930. The Bertz CT molecular complexity index is 562. The SMILES string of the molecule is OC(Cc1cc(Cl)ccc1Cl)c1ccncc1F. The molecule has 94 valence electrons. The van der Waals surface area contributed by atoms with Gasteiger partial charge in [0.25, 0.3) is 0 Å². The van der Waals surface area contributed by atoms with Crippen LogP contribution in [0.3, 0.4) is 0 Å². The number of pyridine rings is 1. The lowest BCUT2D eigenvalue weighted by Crippen LogP contribution is -2.05. The van der Waals surface area contributed by atoms with E-state index in [4.69, 9.17) is 23.2 Å². The predicted molar refractivity (Wildman–Crippen MR) is 69.3 cm³/mol. The monoisotopic (exact) mass is 285 g/mol. The van der Waals surface area contributed by atoms with Crippen LogP contribution in [-0.2, 0) is 6.42 Å². The summed E-state index contributed by atoms with van der Waals surface area (Å²) in [7, 11) is 0. The van der Waals surface area contributed by atoms with E-state index in [9.17, 15) is 9.50 Å². The Labute approximate surface area is 114 Å². The molecule has 1 atom stereocenters. The van der Waals surface area contributed by atoms with Crippen molar-refractivity contribution in [1.82, 2.24) is 4.98 Å². The summed E-state index contributed by atoms with van der Waals surface area (Å²) in [6, 6.07) is 6.41. The lowest BCUT2D eigenvalue weighted by molar-refractivity contribution is 0.173. The maximum Gasteiger partial charge on any atom is 0.147 e. The molecule has 0 amide bonds. The molecule has 0 fully saturated rings. The van der Waals surface area contributed by atoms with Crippen LogP contribution in [0.5, 0.6) is 0 Å². The highest BCUT2D eigenvalue weighted by molar-refractivity contribution is 6.33. The zero-order valence-electron chi connectivity index (χ0n) is 9.28. The molecule has 2 nitrogen and oxygen atoms in total. The molecular weight excluding hydrogens is 276 g/mol. The molecule has 0 radical (unpaired) electrons. The van der Waals surface area contributed by atoms with Crippen molar-refractivity contribution in [2.24, 2.45) is 0 Å². The minimum absolute atomic E-state index is 0.195. The first-order valence-corrected chi connectivity index (χ1v) is 6.05. The summed E-state index contributed by atoms with van der Waals surface area (Å²) in [6.07, 6.45) is 1.71. The van der Waals surface area contributed by atoms with Gasteiger partial charge in [-0.25, -0.2) is 4.39 Å². The molecule has 18 heavy (non-hydrogen) atoms. The molecule has 1 aromatic heterocycles. The topological polar surface area (TPSA) is 33.1 Å². The predicted octanol–water partition coefficient (Wildman–Crippen LogP) is 3.80. The molecule has 2 rings (SSSR count). The van der Waals surface area contributed by atoms with Gasteiger partial charge in [0.05, 0.1) is 12.3 Å². The third kappa shape index (κ3) is 2.99. The fourth-order valence-electron chi connectivity index (χ4n) is 1.67. The molecule has 2 aromatic rings. The molecule has 0 aliphatic rings. The minimum Gasteiger partial charge on any atom is -0.388 e. The third-order valence-corrected chi connectivity index (χ3v) is 3.19. The van der Waals surface area contributed by atoms with Crippen LogP contribution in [0, 0.1) is 5.82 Å². The highest BCUT2D eigenvalue weighted by atomic mass is 35.5. The van der Waals surface area contributed by atoms with E-state index in [1.165, 1.54) is 12.3 Å². The number of hydrogen-bond donors (Lipinski definition) is 1. The Morgan fingerprint density at radius 1 is 1.28 bits per heavy atom. The zero-order valence-corrected chi connectivity index (χ0v) is 10.8. The summed E-state index contributed by atoms with van der Waals surface area (Å²) < 4.78 is 13.4. The smallest absolute Gasteiger partial charge is 0.147 e. The van der Waals surface area contributed by atoms with Gasteiger partial charge >= 0.3 is 0 Å². The van der Waals surface area contributed by atoms with E-state index >= 15 is 0 Å². The second-order valence-corrected chi connectivity index (χ2v) is 4.70. The van der Waals surface area contributed by atoms with Crippen LogP contribution in [0.1, 0.15) is 17.2 Å². The number of benzene rings is 1. The highest BCUT2D eigenvalue weighted by Gasteiger charge is 2.15. The molecule has 1 unspecified atom stereocenters. The molecule has 0 aliphatic heterocycles. The summed E-state index contributed by atoms with van der Waals surface area (Å²) in [5, 5.41) is 11.0. The first-order chi connectivity index (χ1) is 8.58. The van der Waals surface area contributed by atoms with Crippen molar-refractivity contribution in [3.8, 4) is 0 Å². The molecule has 0 saturated heterocycles. The molecule has 1 heterocycles. The summed E-state index contributed by atoms with van der Waals surface area (Å²) in [5.74, 6) is -0.539. The van der Waals surface area contributed by atoms with Crippen molar-refractivity contribution < 1.29 is 9.50 Å². The Hall–Kier alpha value is -1.16. The summed E-state index contributed by atoms with van der Waals surface area (Å²) >= 11 is 11.8. The molecule has 0 bridgehead atoms. The van der Waals surface area contributed by atoms with Crippen LogP contribution < -0.4 is 0 Å². The largest absolute Gasteiger partial charge is 0.388 e. The molecule has 1 N–H and O–H groups in total. The summed E-state index contributed by atoms with van der Waals surface area (Å²) in [5.41, 5.74) is 0.869. The number of aliphatic hydroxyl groups is 1. The number of aliphatic hydroxyl groups excluding tert-OH is 1. The van der Waals surface area contributed by atoms with Gasteiger partial charge in [-0.2, -0.15) is 0 Å². The third-order valence-electron chi connectivity index (χ3n) is 2.58. The highest BCUT2D eigenvalue weighted by Crippen LogP contribution is 2.26. The van der Waals surface area contributed by atoms with Gasteiger partial charge < -0.3 is 5.11 Å². The molecule has 0 aliphatic carbocycles. The molecule has 0 saturated carbocycles. The van der Waals surface area contributed by atoms with Gasteiger partial charge in [-0.15, -0.1) is 0 Å². The van der Waals surface area contributed by atoms with Gasteiger partial charge in [-0.3, -0.25) is 4.98 Å². The number of nitrogens with zero attached hydrogens (tertiary/aromatic N) is 1. The second-order valence-electron chi connectivity index (χ2n) is 3.85. The van der Waals surface area contributed by atoms with Crippen molar-refractivity contribution in [3.63, 3.8) is 0 Å². The maximum atomic E-state index is 13.4. The van der Waals surface area contributed by atoms with Crippen LogP contribution in [0.25, 0.3) is 0 Å². The van der Waals surface area contributed by atoms with E-state index in [2.05, 4.69) is 4.98 Å². The molecule has 0 spiro atoms. The van der Waals surface area contributed by atoms with Gasteiger partial charge in [-0.05, 0) is 29.8 Å². The fraction of sp³-hybridized carbons (Fsp3) is 0.154. The van der Waals surface area contributed by atoms with Crippen LogP contribution >= 0.6 is 23.2 Å². The number of halogens is 3. The first kappa shape index (κ1) is 13.3. The fourth-order valence-corrected chi connectivity index (χ4v) is 2.06. The van der Waals surface area contributed by atoms with Gasteiger partial charge in [0, 0.05) is 28.2 Å². The van der Waals surface area contributed by atoms with Crippen LogP contribution in [0.2, 0.25) is 10.0 Å². The Balaban J connectivity index is 2.24.